The third-order valence-electron chi connectivity index (χ3n) is 4.40. The first-order chi connectivity index (χ1) is 12.1. The van der Waals surface area contributed by atoms with Crippen LogP contribution in [0, 0.1) is 0 Å². The lowest BCUT2D eigenvalue weighted by Gasteiger charge is -2.35. The molecule has 1 fully saturated rings. The molecular weight excluding hydrogens is 481 g/mol. The summed E-state index contributed by atoms with van der Waals surface area (Å²) in [6.07, 6.45) is 2.16. The summed E-state index contributed by atoms with van der Waals surface area (Å²) in [4.78, 5) is 7.15. The maximum Gasteiger partial charge on any atom is 0.194 e. The van der Waals surface area contributed by atoms with Gasteiger partial charge in [-0.3, -0.25) is 4.99 Å². The highest BCUT2D eigenvalue weighted by Crippen LogP contribution is 2.35. The zero-order valence-electron chi connectivity index (χ0n) is 16.0. The van der Waals surface area contributed by atoms with Crippen molar-refractivity contribution in [3.8, 4) is 0 Å². The standard InChI is InChI=1S/C19H30ClN3OS.HI/c1-4-21-18(23(3)14-16-6-8-17(20)9-7-16)22-15-19(25-5-2)10-12-24-13-11-19;/h6-9H,4-5,10-15H2,1-3H3,(H,21,22);1H. The van der Waals surface area contributed by atoms with E-state index in [1.165, 1.54) is 5.56 Å². The van der Waals surface area contributed by atoms with Crippen LogP contribution < -0.4 is 5.32 Å². The second-order valence-electron chi connectivity index (χ2n) is 6.38. The van der Waals surface area contributed by atoms with Gasteiger partial charge in [0.15, 0.2) is 5.96 Å². The molecule has 1 N–H and O–H groups in total. The van der Waals surface area contributed by atoms with E-state index in [4.69, 9.17) is 21.3 Å². The molecule has 1 aromatic rings. The Kier molecular flexibility index (Phi) is 11.3. The van der Waals surface area contributed by atoms with E-state index in [9.17, 15) is 0 Å². The number of nitrogens with one attached hydrogen (secondary N) is 1. The van der Waals surface area contributed by atoms with Crippen LogP contribution in [0.15, 0.2) is 29.3 Å². The summed E-state index contributed by atoms with van der Waals surface area (Å²) < 4.78 is 5.78. The smallest absolute Gasteiger partial charge is 0.194 e. The van der Waals surface area contributed by atoms with Crippen molar-refractivity contribution < 1.29 is 4.74 Å². The van der Waals surface area contributed by atoms with Crippen molar-refractivity contribution in [1.82, 2.24) is 10.2 Å². The van der Waals surface area contributed by atoms with E-state index in [-0.39, 0.29) is 28.7 Å². The fraction of sp³-hybridized carbons (Fsp3) is 0.632. The van der Waals surface area contributed by atoms with Crippen LogP contribution in [0.1, 0.15) is 32.3 Å². The van der Waals surface area contributed by atoms with Gasteiger partial charge in [-0.1, -0.05) is 30.7 Å². The number of benzene rings is 1. The molecule has 0 aliphatic carbocycles. The van der Waals surface area contributed by atoms with E-state index in [1.54, 1.807) is 0 Å². The van der Waals surface area contributed by atoms with Crippen LogP contribution in [0.4, 0.5) is 0 Å². The molecule has 0 saturated carbocycles. The first-order valence-corrected chi connectivity index (χ1v) is 10.4. The highest BCUT2D eigenvalue weighted by molar-refractivity contribution is 14.0. The monoisotopic (exact) mass is 511 g/mol. The largest absolute Gasteiger partial charge is 0.381 e. The Balaban J connectivity index is 0.00000338. The number of nitrogens with zero attached hydrogens (tertiary/aromatic N) is 2. The van der Waals surface area contributed by atoms with Crippen LogP contribution in [-0.2, 0) is 11.3 Å². The molecule has 1 aliphatic heterocycles. The van der Waals surface area contributed by atoms with E-state index in [1.807, 2.05) is 23.9 Å². The van der Waals surface area contributed by atoms with Gasteiger partial charge in [-0.25, -0.2) is 0 Å². The van der Waals surface area contributed by atoms with Crippen molar-refractivity contribution in [2.75, 3.05) is 39.1 Å². The van der Waals surface area contributed by atoms with Gasteiger partial charge in [-0.15, -0.1) is 24.0 Å². The van der Waals surface area contributed by atoms with E-state index in [2.05, 4.69) is 43.2 Å². The zero-order chi connectivity index (χ0) is 18.1. The molecule has 0 amide bonds. The molecule has 1 saturated heterocycles. The molecule has 148 valence electrons. The van der Waals surface area contributed by atoms with Crippen molar-refractivity contribution in [2.45, 2.75) is 38.0 Å². The normalized spacial score (nSPS) is 16.7. The van der Waals surface area contributed by atoms with Gasteiger partial charge in [0.2, 0.25) is 0 Å². The summed E-state index contributed by atoms with van der Waals surface area (Å²) in [7, 11) is 2.08. The van der Waals surface area contributed by atoms with E-state index < -0.39 is 0 Å². The SMILES string of the molecule is CCNC(=NCC1(SCC)CCOCC1)N(C)Cc1ccc(Cl)cc1.I. The Morgan fingerprint density at radius 2 is 1.92 bits per heavy atom. The van der Waals surface area contributed by atoms with E-state index >= 15 is 0 Å². The Labute approximate surface area is 184 Å². The lowest BCUT2D eigenvalue weighted by molar-refractivity contribution is 0.0793. The molecule has 0 bridgehead atoms. The van der Waals surface area contributed by atoms with Crippen LogP contribution in [0.5, 0.6) is 0 Å². The number of hydrogen-bond donors (Lipinski definition) is 1. The number of halogens is 2. The van der Waals surface area contributed by atoms with Crippen LogP contribution in [0.2, 0.25) is 5.02 Å². The average Bonchev–Trinajstić information content (AvgIpc) is 2.61. The summed E-state index contributed by atoms with van der Waals surface area (Å²) in [5.74, 6) is 2.08. The minimum atomic E-state index is 0. The molecule has 0 unspecified atom stereocenters. The maximum atomic E-state index is 5.98. The van der Waals surface area contributed by atoms with Crippen LogP contribution in [0.3, 0.4) is 0 Å². The number of thioether (sulfide) groups is 1. The quantitative estimate of drug-likeness (QED) is 0.328. The van der Waals surface area contributed by atoms with Crippen molar-refractivity contribution in [3.05, 3.63) is 34.9 Å². The van der Waals surface area contributed by atoms with Crippen molar-refractivity contribution in [2.24, 2.45) is 4.99 Å². The van der Waals surface area contributed by atoms with Crippen molar-refractivity contribution >= 4 is 53.3 Å². The Hall–Kier alpha value is -0.180. The van der Waals surface area contributed by atoms with Gasteiger partial charge in [0.1, 0.15) is 0 Å². The molecule has 7 heteroatoms. The molecule has 1 aliphatic rings. The molecule has 0 spiro atoms. The highest BCUT2D eigenvalue weighted by Gasteiger charge is 2.32. The lowest BCUT2D eigenvalue weighted by atomic mass is 9.99. The number of hydrogen-bond acceptors (Lipinski definition) is 3. The first kappa shape index (κ1) is 23.9. The average molecular weight is 512 g/mol. The van der Waals surface area contributed by atoms with Gasteiger partial charge in [-0.05, 0) is 43.2 Å². The summed E-state index contributed by atoms with van der Waals surface area (Å²) in [5, 5.41) is 4.19. The van der Waals surface area contributed by atoms with Crippen LogP contribution in [-0.4, -0.2) is 54.7 Å². The predicted molar refractivity (Wildman–Crippen MR) is 125 cm³/mol. The molecule has 1 aromatic carbocycles. The van der Waals surface area contributed by atoms with Gasteiger partial charge in [0.25, 0.3) is 0 Å². The zero-order valence-corrected chi connectivity index (χ0v) is 19.9. The Bertz CT molecular complexity index is 545. The van der Waals surface area contributed by atoms with Crippen LogP contribution in [0.25, 0.3) is 0 Å². The second kappa shape index (κ2) is 12.3. The topological polar surface area (TPSA) is 36.9 Å². The summed E-state index contributed by atoms with van der Waals surface area (Å²) in [6.45, 7) is 8.53. The molecule has 0 aromatic heterocycles. The number of aliphatic imine (C=N–C) groups is 1. The third kappa shape index (κ3) is 7.44. The maximum absolute atomic E-state index is 5.98. The predicted octanol–water partition coefficient (Wildman–Crippen LogP) is 4.66. The molecule has 0 radical (unpaired) electrons. The molecule has 26 heavy (non-hydrogen) atoms. The number of rotatable bonds is 7. The molecule has 4 nitrogen and oxygen atoms in total. The summed E-state index contributed by atoms with van der Waals surface area (Å²) in [5.41, 5.74) is 1.22. The minimum absolute atomic E-state index is 0. The van der Waals surface area contributed by atoms with Gasteiger partial charge in [0.05, 0.1) is 6.54 Å². The molecule has 2 rings (SSSR count). The second-order valence-corrected chi connectivity index (χ2v) is 8.55. The van der Waals surface area contributed by atoms with Gasteiger partial charge in [-0.2, -0.15) is 11.8 Å². The summed E-state index contributed by atoms with van der Waals surface area (Å²) in [6, 6.07) is 8.00. The van der Waals surface area contributed by atoms with Gasteiger partial charge < -0.3 is 15.0 Å². The molecule has 0 atom stereocenters. The van der Waals surface area contributed by atoms with E-state index in [0.717, 1.165) is 62.4 Å². The Morgan fingerprint density at radius 3 is 2.50 bits per heavy atom. The van der Waals surface area contributed by atoms with Gasteiger partial charge >= 0.3 is 0 Å². The van der Waals surface area contributed by atoms with Crippen molar-refractivity contribution in [1.29, 1.82) is 0 Å². The minimum Gasteiger partial charge on any atom is -0.381 e. The number of ether oxygens (including phenoxy) is 1. The lowest BCUT2D eigenvalue weighted by Crippen LogP contribution is -2.41. The fourth-order valence-corrected chi connectivity index (χ4v) is 4.37. The molecule has 1 heterocycles. The Morgan fingerprint density at radius 1 is 1.27 bits per heavy atom. The van der Waals surface area contributed by atoms with Gasteiger partial charge in [0, 0.05) is 43.1 Å². The first-order valence-electron chi connectivity index (χ1n) is 9.04. The third-order valence-corrected chi connectivity index (χ3v) is 6.09. The molecular formula is C19H31ClIN3OS. The van der Waals surface area contributed by atoms with Crippen molar-refractivity contribution in [3.63, 3.8) is 0 Å². The summed E-state index contributed by atoms with van der Waals surface area (Å²) >= 11 is 8.01. The fourth-order valence-electron chi connectivity index (χ4n) is 3.02. The highest BCUT2D eigenvalue weighted by atomic mass is 127. The number of guanidine groups is 1. The van der Waals surface area contributed by atoms with Crippen LogP contribution >= 0.6 is 47.3 Å². The van der Waals surface area contributed by atoms with E-state index in [0.29, 0.717) is 0 Å².